The maximum atomic E-state index is 12.0. The predicted molar refractivity (Wildman–Crippen MR) is 97.9 cm³/mol. The van der Waals surface area contributed by atoms with E-state index in [0.29, 0.717) is 23.1 Å². The van der Waals surface area contributed by atoms with Gasteiger partial charge in [-0.2, -0.15) is 5.10 Å². The van der Waals surface area contributed by atoms with E-state index in [2.05, 4.69) is 24.4 Å². The quantitative estimate of drug-likeness (QED) is 0.592. The third-order valence-electron chi connectivity index (χ3n) is 3.36. The van der Waals surface area contributed by atoms with Gasteiger partial charge in [-0.15, -0.1) is 0 Å². The molecule has 0 spiro atoms. The summed E-state index contributed by atoms with van der Waals surface area (Å²) in [5.41, 5.74) is 3.74. The molecular weight excluding hydrogens is 324 g/mol. The molecule has 2 rings (SSSR count). The SMILES string of the molecule is CC(C)CCOc1ccc(C(=O)NN=Cc2ccccc2Cl)cc1. The van der Waals surface area contributed by atoms with Crippen molar-refractivity contribution in [1.82, 2.24) is 5.43 Å². The van der Waals surface area contributed by atoms with Gasteiger partial charge >= 0.3 is 0 Å². The molecule has 2 aromatic rings. The molecule has 0 aliphatic heterocycles. The van der Waals surface area contributed by atoms with Crippen LogP contribution in [0.2, 0.25) is 5.02 Å². The Morgan fingerprint density at radius 2 is 1.92 bits per heavy atom. The topological polar surface area (TPSA) is 50.7 Å². The summed E-state index contributed by atoms with van der Waals surface area (Å²) >= 11 is 6.02. The summed E-state index contributed by atoms with van der Waals surface area (Å²) in [6.07, 6.45) is 2.52. The number of amides is 1. The third kappa shape index (κ3) is 5.70. The Morgan fingerprint density at radius 1 is 1.21 bits per heavy atom. The van der Waals surface area contributed by atoms with Gasteiger partial charge in [-0.3, -0.25) is 4.79 Å². The van der Waals surface area contributed by atoms with Crippen LogP contribution < -0.4 is 10.2 Å². The zero-order valence-corrected chi connectivity index (χ0v) is 14.6. The first kappa shape index (κ1) is 18.0. The first-order valence-corrected chi connectivity index (χ1v) is 8.25. The van der Waals surface area contributed by atoms with Crippen molar-refractivity contribution in [3.8, 4) is 5.75 Å². The van der Waals surface area contributed by atoms with Crippen LogP contribution in [0.15, 0.2) is 53.6 Å². The van der Waals surface area contributed by atoms with E-state index in [1.165, 1.54) is 6.21 Å². The monoisotopic (exact) mass is 344 g/mol. The number of carbonyl (C=O) groups is 1. The molecule has 5 heteroatoms. The summed E-state index contributed by atoms with van der Waals surface area (Å²) in [5.74, 6) is 1.07. The number of rotatable bonds is 7. The van der Waals surface area contributed by atoms with Crippen LogP contribution in [0.5, 0.6) is 5.75 Å². The fourth-order valence-electron chi connectivity index (χ4n) is 1.92. The van der Waals surface area contributed by atoms with Gasteiger partial charge in [0.25, 0.3) is 5.91 Å². The van der Waals surface area contributed by atoms with E-state index in [1.807, 2.05) is 18.2 Å². The summed E-state index contributed by atoms with van der Waals surface area (Å²) in [6.45, 7) is 4.98. The molecule has 1 N–H and O–H groups in total. The van der Waals surface area contributed by atoms with Gasteiger partial charge in [-0.1, -0.05) is 43.6 Å². The smallest absolute Gasteiger partial charge is 0.271 e. The van der Waals surface area contributed by atoms with Crippen LogP contribution in [-0.4, -0.2) is 18.7 Å². The normalized spacial score (nSPS) is 11.0. The highest BCUT2D eigenvalue weighted by Crippen LogP contribution is 2.14. The number of hydrogen-bond acceptors (Lipinski definition) is 3. The molecule has 0 bridgehead atoms. The molecule has 0 heterocycles. The van der Waals surface area contributed by atoms with Crippen LogP contribution in [0.4, 0.5) is 0 Å². The van der Waals surface area contributed by atoms with Gasteiger partial charge in [0.05, 0.1) is 12.8 Å². The molecule has 24 heavy (non-hydrogen) atoms. The van der Waals surface area contributed by atoms with Crippen LogP contribution in [0.3, 0.4) is 0 Å². The molecule has 0 unspecified atom stereocenters. The summed E-state index contributed by atoms with van der Waals surface area (Å²) in [5, 5.41) is 4.51. The van der Waals surface area contributed by atoms with Crippen molar-refractivity contribution in [1.29, 1.82) is 0 Å². The Hall–Kier alpha value is -2.33. The van der Waals surface area contributed by atoms with Gasteiger partial charge in [0, 0.05) is 16.1 Å². The molecular formula is C19H21ClN2O2. The zero-order chi connectivity index (χ0) is 17.4. The lowest BCUT2D eigenvalue weighted by Gasteiger charge is -2.08. The van der Waals surface area contributed by atoms with Gasteiger partial charge in [-0.05, 0) is 42.7 Å². The van der Waals surface area contributed by atoms with E-state index in [1.54, 1.807) is 30.3 Å². The van der Waals surface area contributed by atoms with Crippen LogP contribution in [0.1, 0.15) is 36.2 Å². The second-order valence-corrected chi connectivity index (χ2v) is 6.18. The number of ether oxygens (including phenoxy) is 1. The lowest BCUT2D eigenvalue weighted by molar-refractivity contribution is 0.0955. The Balaban J connectivity index is 1.87. The predicted octanol–water partition coefficient (Wildman–Crippen LogP) is 4.53. The molecule has 0 aliphatic rings. The largest absolute Gasteiger partial charge is 0.494 e. The molecule has 1 amide bonds. The Labute approximate surface area is 147 Å². The van der Waals surface area contributed by atoms with Crippen molar-refractivity contribution >= 4 is 23.7 Å². The van der Waals surface area contributed by atoms with Crippen LogP contribution >= 0.6 is 11.6 Å². The minimum absolute atomic E-state index is 0.285. The van der Waals surface area contributed by atoms with E-state index in [-0.39, 0.29) is 5.91 Å². The third-order valence-corrected chi connectivity index (χ3v) is 3.70. The van der Waals surface area contributed by atoms with Crippen molar-refractivity contribution in [2.45, 2.75) is 20.3 Å². The fraction of sp³-hybridized carbons (Fsp3) is 0.263. The van der Waals surface area contributed by atoms with E-state index in [9.17, 15) is 4.79 Å². The first-order chi connectivity index (χ1) is 11.6. The molecule has 0 aromatic heterocycles. The minimum Gasteiger partial charge on any atom is -0.494 e. The average molecular weight is 345 g/mol. The molecule has 4 nitrogen and oxygen atoms in total. The van der Waals surface area contributed by atoms with E-state index in [0.717, 1.165) is 17.7 Å². The van der Waals surface area contributed by atoms with Gasteiger partial charge in [-0.25, -0.2) is 5.43 Å². The van der Waals surface area contributed by atoms with Crippen molar-refractivity contribution in [2.75, 3.05) is 6.61 Å². The molecule has 0 saturated carbocycles. The molecule has 0 radical (unpaired) electrons. The fourth-order valence-corrected chi connectivity index (χ4v) is 2.10. The van der Waals surface area contributed by atoms with E-state index < -0.39 is 0 Å². The maximum absolute atomic E-state index is 12.0. The summed E-state index contributed by atoms with van der Waals surface area (Å²) in [4.78, 5) is 12.0. The minimum atomic E-state index is -0.285. The number of benzene rings is 2. The second kappa shape index (κ2) is 9.08. The van der Waals surface area contributed by atoms with Crippen molar-refractivity contribution in [3.05, 3.63) is 64.7 Å². The zero-order valence-electron chi connectivity index (χ0n) is 13.8. The highest BCUT2D eigenvalue weighted by Gasteiger charge is 2.05. The standard InChI is InChI=1S/C19H21ClN2O2/c1-14(2)11-12-24-17-9-7-15(8-10-17)19(23)22-21-13-16-5-3-4-6-18(16)20/h3-10,13-14H,11-12H2,1-2H3,(H,22,23). The summed E-state index contributed by atoms with van der Waals surface area (Å²) < 4.78 is 5.63. The molecule has 0 saturated heterocycles. The molecule has 0 atom stereocenters. The number of hydrazone groups is 1. The van der Waals surface area contributed by atoms with Crippen molar-refractivity contribution < 1.29 is 9.53 Å². The van der Waals surface area contributed by atoms with Crippen LogP contribution in [0, 0.1) is 5.92 Å². The number of hydrogen-bond donors (Lipinski definition) is 1. The lowest BCUT2D eigenvalue weighted by Crippen LogP contribution is -2.17. The number of carbonyl (C=O) groups excluding carboxylic acids is 1. The number of halogens is 1. The summed E-state index contributed by atoms with van der Waals surface area (Å²) in [7, 11) is 0. The van der Waals surface area contributed by atoms with Crippen molar-refractivity contribution in [2.24, 2.45) is 11.0 Å². The van der Waals surface area contributed by atoms with E-state index >= 15 is 0 Å². The second-order valence-electron chi connectivity index (χ2n) is 5.78. The van der Waals surface area contributed by atoms with Crippen LogP contribution in [-0.2, 0) is 0 Å². The number of nitrogens with one attached hydrogen (secondary N) is 1. The van der Waals surface area contributed by atoms with Gasteiger partial charge in [0.2, 0.25) is 0 Å². The average Bonchev–Trinajstić information content (AvgIpc) is 2.57. The Kier molecular flexibility index (Phi) is 6.82. The van der Waals surface area contributed by atoms with Crippen LogP contribution in [0.25, 0.3) is 0 Å². The molecule has 0 fully saturated rings. The highest BCUT2D eigenvalue weighted by molar-refractivity contribution is 6.33. The van der Waals surface area contributed by atoms with E-state index in [4.69, 9.17) is 16.3 Å². The van der Waals surface area contributed by atoms with Gasteiger partial charge < -0.3 is 4.74 Å². The molecule has 0 aliphatic carbocycles. The Morgan fingerprint density at radius 3 is 2.58 bits per heavy atom. The number of nitrogens with zero attached hydrogens (tertiary/aromatic N) is 1. The molecule has 2 aromatic carbocycles. The molecule has 126 valence electrons. The maximum Gasteiger partial charge on any atom is 0.271 e. The van der Waals surface area contributed by atoms with Gasteiger partial charge in [0.1, 0.15) is 5.75 Å². The lowest BCUT2D eigenvalue weighted by atomic mass is 10.1. The highest BCUT2D eigenvalue weighted by atomic mass is 35.5. The Bertz CT molecular complexity index is 697. The van der Waals surface area contributed by atoms with Crippen molar-refractivity contribution in [3.63, 3.8) is 0 Å². The van der Waals surface area contributed by atoms with Gasteiger partial charge in [0.15, 0.2) is 0 Å². The summed E-state index contributed by atoms with van der Waals surface area (Å²) in [6, 6.07) is 14.3. The first-order valence-electron chi connectivity index (χ1n) is 7.87.